The first kappa shape index (κ1) is 24.9. The molecule has 0 bridgehead atoms. The molecule has 178 valence electrons. The van der Waals surface area contributed by atoms with Crippen LogP contribution in [0.15, 0.2) is 83.8 Å². The monoisotopic (exact) mass is 481 g/mol. The van der Waals surface area contributed by atoms with Crippen molar-refractivity contribution >= 4 is 39.0 Å². The maximum absolute atomic E-state index is 12.9. The number of nitrogens with one attached hydrogen (secondary N) is 2. The number of hydrogen-bond acceptors (Lipinski definition) is 6. The molecule has 0 radical (unpaired) electrons. The first-order valence-corrected chi connectivity index (χ1v) is 12.1. The SMILES string of the molecule is CNS(=O)(=O)c1cccc(C(=O)OCC(=O)N(c2ccc(Nc3ccccc3)cc2)C(C)C)c1. The average Bonchev–Trinajstić information content (AvgIpc) is 2.84. The zero-order valence-corrected chi connectivity index (χ0v) is 20.0. The Morgan fingerprint density at radius 2 is 1.56 bits per heavy atom. The Bertz CT molecular complexity index is 1240. The van der Waals surface area contributed by atoms with E-state index < -0.39 is 28.5 Å². The lowest BCUT2D eigenvalue weighted by molar-refractivity contribution is -0.122. The molecular formula is C25H27N3O5S. The van der Waals surface area contributed by atoms with E-state index in [1.54, 1.807) is 4.90 Å². The lowest BCUT2D eigenvalue weighted by Crippen LogP contribution is -2.39. The molecule has 0 aliphatic heterocycles. The number of nitrogens with zero attached hydrogens (tertiary/aromatic N) is 1. The van der Waals surface area contributed by atoms with Crippen LogP contribution in [0.5, 0.6) is 0 Å². The maximum atomic E-state index is 12.9. The van der Waals surface area contributed by atoms with Gasteiger partial charge in [0.1, 0.15) is 0 Å². The van der Waals surface area contributed by atoms with Crippen LogP contribution in [0.4, 0.5) is 17.1 Å². The molecule has 0 atom stereocenters. The summed E-state index contributed by atoms with van der Waals surface area (Å²) in [6.07, 6.45) is 0. The molecule has 0 saturated carbocycles. The summed E-state index contributed by atoms with van der Waals surface area (Å²) < 4.78 is 31.3. The van der Waals surface area contributed by atoms with Gasteiger partial charge < -0.3 is 15.0 Å². The zero-order chi connectivity index (χ0) is 24.7. The van der Waals surface area contributed by atoms with Crippen LogP contribution in [-0.2, 0) is 19.6 Å². The van der Waals surface area contributed by atoms with E-state index in [0.29, 0.717) is 5.69 Å². The maximum Gasteiger partial charge on any atom is 0.338 e. The highest BCUT2D eigenvalue weighted by molar-refractivity contribution is 7.89. The predicted molar refractivity (Wildman–Crippen MR) is 132 cm³/mol. The van der Waals surface area contributed by atoms with Crippen molar-refractivity contribution in [2.24, 2.45) is 0 Å². The summed E-state index contributed by atoms with van der Waals surface area (Å²) >= 11 is 0. The second kappa shape index (κ2) is 11.0. The minimum atomic E-state index is -3.71. The lowest BCUT2D eigenvalue weighted by atomic mass is 10.2. The average molecular weight is 482 g/mol. The van der Waals surface area contributed by atoms with Gasteiger partial charge in [0.15, 0.2) is 6.61 Å². The van der Waals surface area contributed by atoms with Crippen molar-refractivity contribution in [1.82, 2.24) is 4.72 Å². The van der Waals surface area contributed by atoms with E-state index in [0.717, 1.165) is 11.4 Å². The number of hydrogen-bond donors (Lipinski definition) is 2. The van der Waals surface area contributed by atoms with Crippen molar-refractivity contribution in [3.05, 3.63) is 84.4 Å². The van der Waals surface area contributed by atoms with Gasteiger partial charge in [-0.2, -0.15) is 0 Å². The van der Waals surface area contributed by atoms with E-state index in [9.17, 15) is 18.0 Å². The summed E-state index contributed by atoms with van der Waals surface area (Å²) in [5, 5.41) is 3.29. The molecule has 1 amide bonds. The number of carbonyl (C=O) groups excluding carboxylic acids is 2. The largest absolute Gasteiger partial charge is 0.452 e. The number of amides is 1. The molecular weight excluding hydrogens is 454 g/mol. The molecule has 3 rings (SSSR count). The molecule has 3 aromatic rings. The predicted octanol–water partition coefficient (Wildman–Crippen LogP) is 3.94. The Labute approximate surface area is 199 Å². The topological polar surface area (TPSA) is 105 Å². The molecule has 9 heteroatoms. The van der Waals surface area contributed by atoms with Crippen LogP contribution >= 0.6 is 0 Å². The molecule has 0 aromatic heterocycles. The number of para-hydroxylation sites is 1. The standard InChI is InChI=1S/C25H27N3O5S/c1-18(2)28(22-14-12-21(13-15-22)27-20-9-5-4-6-10-20)24(29)17-33-25(30)19-8-7-11-23(16-19)34(31,32)26-3/h4-16,18,26-27H,17H2,1-3H3. The van der Waals surface area contributed by atoms with Gasteiger partial charge in [0.2, 0.25) is 10.0 Å². The second-order valence-corrected chi connectivity index (χ2v) is 9.59. The van der Waals surface area contributed by atoms with Gasteiger partial charge in [-0.15, -0.1) is 0 Å². The minimum Gasteiger partial charge on any atom is -0.452 e. The normalized spacial score (nSPS) is 11.2. The van der Waals surface area contributed by atoms with Crippen LogP contribution in [0.1, 0.15) is 24.2 Å². The Kier molecular flexibility index (Phi) is 8.04. The number of carbonyl (C=O) groups is 2. The highest BCUT2D eigenvalue weighted by Gasteiger charge is 2.22. The number of esters is 1. The molecule has 34 heavy (non-hydrogen) atoms. The summed E-state index contributed by atoms with van der Waals surface area (Å²) in [4.78, 5) is 26.8. The molecule has 0 unspecified atom stereocenters. The lowest BCUT2D eigenvalue weighted by Gasteiger charge is -2.27. The van der Waals surface area contributed by atoms with Crippen molar-refractivity contribution < 1.29 is 22.7 Å². The highest BCUT2D eigenvalue weighted by atomic mass is 32.2. The van der Waals surface area contributed by atoms with Gasteiger partial charge in [0.05, 0.1) is 10.5 Å². The van der Waals surface area contributed by atoms with E-state index >= 15 is 0 Å². The third-order valence-electron chi connectivity index (χ3n) is 4.97. The summed E-state index contributed by atoms with van der Waals surface area (Å²) in [5.74, 6) is -1.18. The fourth-order valence-corrected chi connectivity index (χ4v) is 4.09. The van der Waals surface area contributed by atoms with Gasteiger partial charge in [0.25, 0.3) is 5.91 Å². The van der Waals surface area contributed by atoms with Gasteiger partial charge in [-0.3, -0.25) is 4.79 Å². The third kappa shape index (κ3) is 6.21. The molecule has 0 aliphatic rings. The van der Waals surface area contributed by atoms with Crippen molar-refractivity contribution in [1.29, 1.82) is 0 Å². The number of benzene rings is 3. The Balaban J connectivity index is 1.67. The summed E-state index contributed by atoms with van der Waals surface area (Å²) in [6, 6.07) is 22.4. The molecule has 8 nitrogen and oxygen atoms in total. The Morgan fingerprint density at radius 3 is 2.18 bits per heavy atom. The van der Waals surface area contributed by atoms with Crippen molar-refractivity contribution in [3.63, 3.8) is 0 Å². The summed E-state index contributed by atoms with van der Waals surface area (Å²) in [5.41, 5.74) is 2.52. The Morgan fingerprint density at radius 1 is 0.912 bits per heavy atom. The quantitative estimate of drug-likeness (QED) is 0.449. The molecule has 3 aromatic carbocycles. The van der Waals surface area contributed by atoms with Crippen LogP contribution in [-0.4, -0.2) is 40.0 Å². The van der Waals surface area contributed by atoms with Crippen molar-refractivity contribution in [2.75, 3.05) is 23.9 Å². The van der Waals surface area contributed by atoms with E-state index in [1.807, 2.05) is 68.4 Å². The number of rotatable bonds is 9. The fraction of sp³-hybridized carbons (Fsp3) is 0.200. The van der Waals surface area contributed by atoms with E-state index in [1.165, 1.54) is 31.3 Å². The van der Waals surface area contributed by atoms with Crippen LogP contribution in [0, 0.1) is 0 Å². The molecule has 0 fully saturated rings. The highest BCUT2D eigenvalue weighted by Crippen LogP contribution is 2.23. The van der Waals surface area contributed by atoms with Crippen LogP contribution in [0.25, 0.3) is 0 Å². The van der Waals surface area contributed by atoms with E-state index in [-0.39, 0.29) is 16.5 Å². The molecule has 0 aliphatic carbocycles. The molecule has 0 saturated heterocycles. The molecule has 0 heterocycles. The first-order valence-electron chi connectivity index (χ1n) is 10.7. The number of ether oxygens (including phenoxy) is 1. The van der Waals surface area contributed by atoms with Crippen LogP contribution in [0.2, 0.25) is 0 Å². The first-order chi connectivity index (χ1) is 16.2. The number of sulfonamides is 1. The van der Waals surface area contributed by atoms with Crippen LogP contribution in [0.3, 0.4) is 0 Å². The van der Waals surface area contributed by atoms with Gasteiger partial charge in [0, 0.05) is 23.1 Å². The smallest absolute Gasteiger partial charge is 0.338 e. The van der Waals surface area contributed by atoms with Gasteiger partial charge in [-0.25, -0.2) is 17.9 Å². The number of anilines is 3. The van der Waals surface area contributed by atoms with Crippen molar-refractivity contribution in [3.8, 4) is 0 Å². The zero-order valence-electron chi connectivity index (χ0n) is 19.2. The van der Waals surface area contributed by atoms with E-state index in [2.05, 4.69) is 10.0 Å². The van der Waals surface area contributed by atoms with Gasteiger partial charge >= 0.3 is 5.97 Å². The third-order valence-corrected chi connectivity index (χ3v) is 6.38. The fourth-order valence-electron chi connectivity index (χ4n) is 3.31. The summed E-state index contributed by atoms with van der Waals surface area (Å²) in [7, 11) is -2.43. The van der Waals surface area contributed by atoms with Crippen LogP contribution < -0.4 is 14.9 Å². The second-order valence-electron chi connectivity index (χ2n) is 7.71. The Hall–Kier alpha value is -3.69. The van der Waals surface area contributed by atoms with E-state index in [4.69, 9.17) is 4.74 Å². The van der Waals surface area contributed by atoms with Gasteiger partial charge in [-0.05, 0) is 75.5 Å². The molecule has 2 N–H and O–H groups in total. The van der Waals surface area contributed by atoms with Crippen molar-refractivity contribution in [2.45, 2.75) is 24.8 Å². The molecule has 0 spiro atoms. The van der Waals surface area contributed by atoms with Gasteiger partial charge in [-0.1, -0.05) is 24.3 Å². The summed E-state index contributed by atoms with van der Waals surface area (Å²) in [6.45, 7) is 3.24. The minimum absolute atomic E-state index is 0.0385.